The Morgan fingerprint density at radius 3 is 2.27 bits per heavy atom. The maximum absolute atomic E-state index is 6.43. The molecule has 0 spiro atoms. The van der Waals surface area contributed by atoms with Gasteiger partial charge in [-0.2, -0.15) is 5.10 Å². The van der Waals surface area contributed by atoms with Crippen molar-refractivity contribution in [3.8, 4) is 5.75 Å². The zero-order valence-electron chi connectivity index (χ0n) is 18.5. The van der Waals surface area contributed by atoms with Crippen LogP contribution in [0, 0.1) is 5.41 Å². The molecular formula is C20H30ClN8O+. The summed E-state index contributed by atoms with van der Waals surface area (Å²) < 4.78 is 10.0. The number of tetrazole rings is 1. The van der Waals surface area contributed by atoms with E-state index in [1.54, 1.807) is 23.1 Å². The molecule has 30 heavy (non-hydrogen) atoms. The van der Waals surface area contributed by atoms with E-state index >= 15 is 0 Å². The number of rotatable bonds is 7. The van der Waals surface area contributed by atoms with Gasteiger partial charge in [0.15, 0.2) is 5.54 Å². The molecule has 3 aromatic rings. The molecule has 0 saturated heterocycles. The predicted octanol–water partition coefficient (Wildman–Crippen LogP) is 2.16. The van der Waals surface area contributed by atoms with E-state index < -0.39 is 6.23 Å². The zero-order valence-corrected chi connectivity index (χ0v) is 19.3. The third-order valence-corrected chi connectivity index (χ3v) is 5.74. The third kappa shape index (κ3) is 4.46. The van der Waals surface area contributed by atoms with Crippen LogP contribution in [0.15, 0.2) is 36.9 Å². The van der Waals surface area contributed by atoms with Crippen LogP contribution in [0.25, 0.3) is 0 Å². The molecule has 0 aliphatic rings. The Morgan fingerprint density at radius 1 is 1.07 bits per heavy atom. The van der Waals surface area contributed by atoms with Gasteiger partial charge in [-0.15, -0.1) is 5.10 Å². The molecule has 0 amide bonds. The fourth-order valence-corrected chi connectivity index (χ4v) is 3.32. The molecule has 0 fully saturated rings. The molecule has 2 heterocycles. The highest BCUT2D eigenvalue weighted by Crippen LogP contribution is 2.41. The van der Waals surface area contributed by atoms with E-state index in [-0.39, 0.29) is 17.0 Å². The van der Waals surface area contributed by atoms with Gasteiger partial charge in [-0.1, -0.05) is 32.4 Å². The molecule has 0 bridgehead atoms. The molecule has 0 unspecified atom stereocenters. The van der Waals surface area contributed by atoms with E-state index in [9.17, 15) is 0 Å². The topological polar surface area (TPSA) is 88.0 Å². The summed E-state index contributed by atoms with van der Waals surface area (Å²) in [6.45, 7) is 10.6. The molecule has 1 N–H and O–H groups in total. The lowest BCUT2D eigenvalue weighted by Crippen LogP contribution is -3.12. The van der Waals surface area contributed by atoms with Gasteiger partial charge >= 0.3 is 0 Å². The first kappa shape index (κ1) is 22.2. The van der Waals surface area contributed by atoms with Crippen molar-refractivity contribution in [2.75, 3.05) is 14.1 Å². The van der Waals surface area contributed by atoms with Gasteiger partial charge in [0.1, 0.15) is 24.4 Å². The van der Waals surface area contributed by atoms with Gasteiger partial charge in [-0.3, -0.25) is 0 Å². The lowest BCUT2D eigenvalue weighted by atomic mass is 9.85. The number of aromatic nitrogens is 7. The smallest absolute Gasteiger partial charge is 0.215 e. The van der Waals surface area contributed by atoms with Crippen LogP contribution in [-0.2, 0) is 5.54 Å². The average Bonchev–Trinajstić information content (AvgIpc) is 3.33. The minimum atomic E-state index is -0.538. The highest BCUT2D eigenvalue weighted by Gasteiger charge is 2.44. The summed E-state index contributed by atoms with van der Waals surface area (Å²) in [5, 5.41) is 17.8. The van der Waals surface area contributed by atoms with Crippen LogP contribution in [0.2, 0.25) is 5.02 Å². The van der Waals surface area contributed by atoms with Gasteiger partial charge in [0.25, 0.3) is 0 Å². The van der Waals surface area contributed by atoms with Gasteiger partial charge in [-0.05, 0) is 54.0 Å². The number of halogens is 1. The van der Waals surface area contributed by atoms with Gasteiger partial charge in [-0.25, -0.2) is 14.3 Å². The zero-order chi connectivity index (χ0) is 22.1. The molecular weight excluding hydrogens is 404 g/mol. The Hall–Kier alpha value is -2.52. The highest BCUT2D eigenvalue weighted by molar-refractivity contribution is 6.30. The molecule has 2 atom stereocenters. The Morgan fingerprint density at radius 2 is 1.73 bits per heavy atom. The molecule has 9 nitrogen and oxygen atoms in total. The Labute approximate surface area is 182 Å². The van der Waals surface area contributed by atoms with Crippen LogP contribution < -0.4 is 9.64 Å². The van der Waals surface area contributed by atoms with Gasteiger partial charge in [0.2, 0.25) is 12.1 Å². The summed E-state index contributed by atoms with van der Waals surface area (Å²) in [4.78, 5) is 5.34. The van der Waals surface area contributed by atoms with E-state index in [0.717, 1.165) is 5.82 Å². The average molecular weight is 434 g/mol. The molecule has 0 aliphatic carbocycles. The van der Waals surface area contributed by atoms with Crippen LogP contribution in [0.1, 0.15) is 52.7 Å². The van der Waals surface area contributed by atoms with Crippen molar-refractivity contribution in [2.24, 2.45) is 5.41 Å². The first-order valence-electron chi connectivity index (χ1n) is 9.87. The first-order chi connectivity index (χ1) is 14.0. The van der Waals surface area contributed by atoms with E-state index in [0.29, 0.717) is 10.8 Å². The number of nitrogens with one attached hydrogen (secondary N) is 1. The standard InChI is InChI=1S/C20H29ClN8O/c1-19(2,3)16(29-18(24-25-26-29)20(4,5)27(6)7)17(28-13-22-12-23-28)30-15-10-8-14(21)9-11-15/h8-13,16-17H,1-7H3/p+1/t16-,17+/m1/s1. The molecule has 0 saturated carbocycles. The lowest BCUT2D eigenvalue weighted by Gasteiger charge is -2.38. The van der Waals surface area contributed by atoms with Gasteiger partial charge in [0.05, 0.1) is 14.1 Å². The lowest BCUT2D eigenvalue weighted by molar-refractivity contribution is -0.920. The molecule has 2 aromatic heterocycles. The number of hydrogen-bond acceptors (Lipinski definition) is 6. The van der Waals surface area contributed by atoms with Crippen LogP contribution in [0.3, 0.4) is 0 Å². The quantitative estimate of drug-likeness (QED) is 0.614. The van der Waals surface area contributed by atoms with E-state index in [2.05, 4.69) is 74.3 Å². The van der Waals surface area contributed by atoms with Crippen molar-refractivity contribution in [2.45, 2.75) is 52.4 Å². The molecule has 0 aliphatic heterocycles. The van der Waals surface area contributed by atoms with Crippen LogP contribution >= 0.6 is 11.6 Å². The summed E-state index contributed by atoms with van der Waals surface area (Å²) in [6, 6.07) is 6.98. The molecule has 162 valence electrons. The largest absolute Gasteiger partial charge is 0.466 e. The number of quaternary nitrogens is 1. The molecule has 10 heteroatoms. The Bertz CT molecular complexity index is 944. The van der Waals surface area contributed by atoms with Crippen LogP contribution in [0.5, 0.6) is 5.75 Å². The summed E-state index contributed by atoms with van der Waals surface area (Å²) >= 11 is 6.05. The second-order valence-electron chi connectivity index (χ2n) is 9.22. The van der Waals surface area contributed by atoms with E-state index in [1.807, 2.05) is 16.8 Å². The normalized spacial score (nSPS) is 14.7. The van der Waals surface area contributed by atoms with E-state index in [4.69, 9.17) is 16.3 Å². The van der Waals surface area contributed by atoms with Crippen molar-refractivity contribution in [1.82, 2.24) is 35.0 Å². The van der Waals surface area contributed by atoms with Crippen LogP contribution in [0.4, 0.5) is 0 Å². The molecule has 1 aromatic carbocycles. The summed E-state index contributed by atoms with van der Waals surface area (Å²) in [5.74, 6) is 1.44. The Kier molecular flexibility index (Phi) is 6.14. The number of nitrogens with zero attached hydrogens (tertiary/aromatic N) is 7. The van der Waals surface area contributed by atoms with Crippen molar-refractivity contribution in [3.05, 3.63) is 47.8 Å². The minimum absolute atomic E-state index is 0.273. The fourth-order valence-electron chi connectivity index (χ4n) is 3.20. The fraction of sp³-hybridized carbons (Fsp3) is 0.550. The second kappa shape index (κ2) is 8.31. The molecule has 0 radical (unpaired) electrons. The predicted molar refractivity (Wildman–Crippen MR) is 113 cm³/mol. The second-order valence-corrected chi connectivity index (χ2v) is 9.66. The maximum atomic E-state index is 6.43. The van der Waals surface area contributed by atoms with Gasteiger partial charge in [0, 0.05) is 5.02 Å². The van der Waals surface area contributed by atoms with E-state index in [1.165, 1.54) is 11.2 Å². The highest BCUT2D eigenvalue weighted by atomic mass is 35.5. The number of hydrogen-bond donors (Lipinski definition) is 1. The summed E-state index contributed by atoms with van der Waals surface area (Å²) in [7, 11) is 4.18. The summed E-state index contributed by atoms with van der Waals surface area (Å²) in [5.41, 5.74) is -0.592. The SMILES string of the molecule is C[NH+](C)C(C)(C)c1nnnn1[C@H]([C@H](Oc1ccc(Cl)cc1)n1cncn1)C(C)(C)C. The summed E-state index contributed by atoms with van der Waals surface area (Å²) in [6.07, 6.45) is 2.60. The monoisotopic (exact) mass is 433 g/mol. The van der Waals surface area contributed by atoms with Crippen molar-refractivity contribution in [3.63, 3.8) is 0 Å². The molecule has 3 rings (SSSR count). The van der Waals surface area contributed by atoms with Crippen LogP contribution in [-0.4, -0.2) is 49.1 Å². The number of benzene rings is 1. The van der Waals surface area contributed by atoms with Crippen molar-refractivity contribution >= 4 is 11.6 Å². The van der Waals surface area contributed by atoms with Crippen molar-refractivity contribution in [1.29, 1.82) is 0 Å². The van der Waals surface area contributed by atoms with Crippen molar-refractivity contribution < 1.29 is 9.64 Å². The Balaban J connectivity index is 2.13. The van der Waals surface area contributed by atoms with Gasteiger partial charge < -0.3 is 9.64 Å². The maximum Gasteiger partial charge on any atom is 0.215 e. The third-order valence-electron chi connectivity index (χ3n) is 5.49. The first-order valence-corrected chi connectivity index (χ1v) is 10.2. The minimum Gasteiger partial charge on any atom is -0.466 e. The number of ether oxygens (including phenoxy) is 1.